The van der Waals surface area contributed by atoms with E-state index in [0.717, 1.165) is 36.7 Å². The molecule has 0 spiro atoms. The predicted octanol–water partition coefficient (Wildman–Crippen LogP) is 3.67. The summed E-state index contributed by atoms with van der Waals surface area (Å²) in [6.07, 6.45) is 6.30. The van der Waals surface area contributed by atoms with E-state index in [1.54, 1.807) is 16.8 Å². The van der Waals surface area contributed by atoms with Gasteiger partial charge in [-0.05, 0) is 49.9 Å². The van der Waals surface area contributed by atoms with E-state index in [-0.39, 0.29) is 11.8 Å². The van der Waals surface area contributed by atoms with E-state index < -0.39 is 0 Å². The molecular formula is C21H23N5O2S. The Morgan fingerprint density at radius 1 is 1.21 bits per heavy atom. The zero-order chi connectivity index (χ0) is 19.6. The summed E-state index contributed by atoms with van der Waals surface area (Å²) in [7, 11) is 0. The van der Waals surface area contributed by atoms with Crippen LogP contribution in [0.5, 0.6) is 5.75 Å². The highest BCUT2D eigenvalue weighted by Crippen LogP contribution is 2.38. The lowest BCUT2D eigenvalue weighted by Gasteiger charge is -2.32. The minimum Gasteiger partial charge on any atom is -0.487 e. The van der Waals surface area contributed by atoms with Crippen molar-refractivity contribution in [1.29, 1.82) is 0 Å². The number of carbonyl (C=O) groups is 1. The van der Waals surface area contributed by atoms with Gasteiger partial charge in [-0.25, -0.2) is 4.98 Å². The highest BCUT2D eigenvalue weighted by molar-refractivity contribution is 7.07. The number of benzene rings is 1. The first kappa shape index (κ1) is 18.3. The SMILES string of the molecule is O=C(c1ccc(OCc2cscn2)cc1)N1CCCC(c2nncn2C2CC2)C1. The van der Waals surface area contributed by atoms with Crippen LogP contribution in [-0.2, 0) is 6.61 Å². The first-order chi connectivity index (χ1) is 14.3. The van der Waals surface area contributed by atoms with Crippen molar-refractivity contribution in [2.75, 3.05) is 13.1 Å². The fourth-order valence-corrected chi connectivity index (χ4v) is 4.44. The first-order valence-electron chi connectivity index (χ1n) is 10.1. The Morgan fingerprint density at radius 3 is 2.83 bits per heavy atom. The monoisotopic (exact) mass is 409 g/mol. The van der Waals surface area contributed by atoms with E-state index in [2.05, 4.69) is 19.7 Å². The van der Waals surface area contributed by atoms with Crippen LogP contribution in [0.2, 0.25) is 0 Å². The minimum atomic E-state index is 0.0678. The summed E-state index contributed by atoms with van der Waals surface area (Å²) in [6.45, 7) is 1.92. The van der Waals surface area contributed by atoms with Gasteiger partial charge < -0.3 is 14.2 Å². The molecule has 29 heavy (non-hydrogen) atoms. The molecular weight excluding hydrogens is 386 g/mol. The van der Waals surface area contributed by atoms with E-state index in [1.807, 2.05) is 40.9 Å². The highest BCUT2D eigenvalue weighted by atomic mass is 32.1. The number of aromatic nitrogens is 4. The van der Waals surface area contributed by atoms with Gasteiger partial charge in [0.15, 0.2) is 0 Å². The third kappa shape index (κ3) is 4.03. The third-order valence-electron chi connectivity index (χ3n) is 5.59. The predicted molar refractivity (Wildman–Crippen MR) is 109 cm³/mol. The molecule has 1 aliphatic carbocycles. The van der Waals surface area contributed by atoms with E-state index in [0.29, 0.717) is 24.8 Å². The number of carbonyl (C=O) groups excluding carboxylic acids is 1. The van der Waals surface area contributed by atoms with Crippen molar-refractivity contribution in [1.82, 2.24) is 24.6 Å². The lowest BCUT2D eigenvalue weighted by atomic mass is 9.96. The van der Waals surface area contributed by atoms with Crippen LogP contribution in [-0.4, -0.2) is 43.6 Å². The Bertz CT molecular complexity index is 965. The summed E-state index contributed by atoms with van der Waals surface area (Å²) in [5, 5.41) is 10.5. The number of nitrogens with zero attached hydrogens (tertiary/aromatic N) is 5. The fraction of sp³-hybridized carbons (Fsp3) is 0.429. The van der Waals surface area contributed by atoms with Crippen LogP contribution in [0.3, 0.4) is 0 Å². The molecule has 2 aliphatic rings. The summed E-state index contributed by atoms with van der Waals surface area (Å²) < 4.78 is 7.95. The van der Waals surface area contributed by atoms with Crippen molar-refractivity contribution in [3.05, 3.63) is 58.6 Å². The lowest BCUT2D eigenvalue weighted by molar-refractivity contribution is 0.0703. The van der Waals surface area contributed by atoms with Crippen molar-refractivity contribution >= 4 is 17.2 Å². The second-order valence-electron chi connectivity index (χ2n) is 7.71. The molecule has 0 radical (unpaired) electrons. The third-order valence-corrected chi connectivity index (χ3v) is 6.22. The average Bonchev–Trinajstić information content (AvgIpc) is 3.26. The number of hydrogen-bond acceptors (Lipinski definition) is 6. The Labute approximate surface area is 173 Å². The number of likely N-dealkylation sites (tertiary alicyclic amines) is 1. The van der Waals surface area contributed by atoms with E-state index in [1.165, 1.54) is 12.8 Å². The molecule has 3 aromatic rings. The van der Waals surface area contributed by atoms with Crippen molar-refractivity contribution in [2.45, 2.75) is 44.2 Å². The van der Waals surface area contributed by atoms with Crippen LogP contribution in [0.4, 0.5) is 0 Å². The Balaban J connectivity index is 1.23. The molecule has 1 aromatic carbocycles. The molecule has 2 fully saturated rings. The zero-order valence-electron chi connectivity index (χ0n) is 16.1. The molecule has 8 heteroatoms. The fourth-order valence-electron chi connectivity index (χ4n) is 3.89. The van der Waals surface area contributed by atoms with Gasteiger partial charge in [-0.3, -0.25) is 4.79 Å². The van der Waals surface area contributed by atoms with Crippen molar-refractivity contribution in [3.63, 3.8) is 0 Å². The second kappa shape index (κ2) is 7.94. The molecule has 7 nitrogen and oxygen atoms in total. The lowest BCUT2D eigenvalue weighted by Crippen LogP contribution is -2.39. The normalized spacial score (nSPS) is 19.3. The standard InChI is InChI=1S/C21H23N5O2S/c27-21(15-3-7-19(8-4-15)28-11-17-12-29-14-22-17)25-9-1-2-16(10-25)20-24-23-13-26(20)18-5-6-18/h3-4,7-8,12-14,16,18H,1-2,5-6,9-11H2. The zero-order valence-corrected chi connectivity index (χ0v) is 16.9. The van der Waals surface area contributed by atoms with Gasteiger partial charge in [0.05, 0.1) is 11.2 Å². The van der Waals surface area contributed by atoms with Gasteiger partial charge in [0, 0.05) is 36.0 Å². The van der Waals surface area contributed by atoms with Gasteiger partial charge in [0.2, 0.25) is 0 Å². The van der Waals surface area contributed by atoms with Crippen LogP contribution in [0.1, 0.15) is 59.5 Å². The molecule has 2 aromatic heterocycles. The van der Waals surface area contributed by atoms with Gasteiger partial charge in [0.1, 0.15) is 24.5 Å². The van der Waals surface area contributed by atoms with Crippen molar-refractivity contribution in [3.8, 4) is 5.75 Å². The number of thiazole rings is 1. The van der Waals surface area contributed by atoms with Gasteiger partial charge in [-0.2, -0.15) is 0 Å². The smallest absolute Gasteiger partial charge is 0.253 e. The Morgan fingerprint density at radius 2 is 2.07 bits per heavy atom. The van der Waals surface area contributed by atoms with Gasteiger partial charge in [-0.1, -0.05) is 0 Å². The molecule has 150 valence electrons. The molecule has 1 amide bonds. The summed E-state index contributed by atoms with van der Waals surface area (Å²) in [5.41, 5.74) is 3.39. The average molecular weight is 410 g/mol. The quantitative estimate of drug-likeness (QED) is 0.621. The molecule has 1 atom stereocenters. The number of amides is 1. The van der Waals surface area contributed by atoms with E-state index >= 15 is 0 Å². The summed E-state index contributed by atoms with van der Waals surface area (Å²) in [6, 6.07) is 7.95. The van der Waals surface area contributed by atoms with E-state index in [9.17, 15) is 4.79 Å². The molecule has 0 bridgehead atoms. The number of rotatable bonds is 6. The van der Waals surface area contributed by atoms with Crippen molar-refractivity contribution < 1.29 is 9.53 Å². The van der Waals surface area contributed by atoms with Crippen LogP contribution in [0.15, 0.2) is 41.5 Å². The largest absolute Gasteiger partial charge is 0.487 e. The molecule has 1 aliphatic heterocycles. The molecule has 1 unspecified atom stereocenters. The summed E-state index contributed by atoms with van der Waals surface area (Å²) in [4.78, 5) is 19.2. The molecule has 3 heterocycles. The van der Waals surface area contributed by atoms with Crippen molar-refractivity contribution in [2.24, 2.45) is 0 Å². The molecule has 1 saturated carbocycles. The summed E-state index contributed by atoms with van der Waals surface area (Å²) >= 11 is 1.55. The van der Waals surface area contributed by atoms with Crippen LogP contribution >= 0.6 is 11.3 Å². The maximum atomic E-state index is 13.0. The topological polar surface area (TPSA) is 73.1 Å². The summed E-state index contributed by atoms with van der Waals surface area (Å²) in [5.74, 6) is 2.11. The van der Waals surface area contributed by atoms with Crippen LogP contribution in [0.25, 0.3) is 0 Å². The molecule has 5 rings (SSSR count). The highest BCUT2D eigenvalue weighted by Gasteiger charge is 2.32. The minimum absolute atomic E-state index is 0.0678. The van der Waals surface area contributed by atoms with Gasteiger partial charge in [0.25, 0.3) is 5.91 Å². The first-order valence-corrected chi connectivity index (χ1v) is 11.0. The Kier molecular flexibility index (Phi) is 5.01. The van der Waals surface area contributed by atoms with E-state index in [4.69, 9.17) is 4.74 Å². The van der Waals surface area contributed by atoms with Gasteiger partial charge >= 0.3 is 0 Å². The molecule has 1 saturated heterocycles. The number of hydrogen-bond donors (Lipinski definition) is 0. The molecule has 0 N–H and O–H groups in total. The number of piperidine rings is 1. The van der Waals surface area contributed by atoms with Crippen LogP contribution < -0.4 is 4.74 Å². The maximum absolute atomic E-state index is 13.0. The maximum Gasteiger partial charge on any atom is 0.253 e. The van der Waals surface area contributed by atoms with Crippen LogP contribution in [0, 0.1) is 0 Å². The Hall–Kier alpha value is -2.74. The number of ether oxygens (including phenoxy) is 1. The van der Waals surface area contributed by atoms with Gasteiger partial charge in [-0.15, -0.1) is 21.5 Å². The second-order valence-corrected chi connectivity index (χ2v) is 8.43.